The Morgan fingerprint density at radius 1 is 1.36 bits per heavy atom. The van der Waals surface area contributed by atoms with Crippen molar-refractivity contribution in [3.05, 3.63) is 45.9 Å². The number of fused-ring (bicyclic) bond motifs is 1. The van der Waals surface area contributed by atoms with Gasteiger partial charge < -0.3 is 10.1 Å². The van der Waals surface area contributed by atoms with Gasteiger partial charge in [0.05, 0.1) is 12.3 Å². The average Bonchev–Trinajstić information content (AvgIpc) is 3.18. The smallest absolute Gasteiger partial charge is 0.220 e. The lowest BCUT2D eigenvalue weighted by atomic mass is 10.1. The highest BCUT2D eigenvalue weighted by atomic mass is 35.5. The Labute approximate surface area is 169 Å². The number of nitrogens with one attached hydrogen (secondary N) is 2. The third-order valence-electron chi connectivity index (χ3n) is 4.61. The first-order valence-corrected chi connectivity index (χ1v) is 9.80. The molecule has 0 aliphatic rings. The number of benzene rings is 1. The van der Waals surface area contributed by atoms with E-state index < -0.39 is 0 Å². The maximum Gasteiger partial charge on any atom is 0.220 e. The summed E-state index contributed by atoms with van der Waals surface area (Å²) in [4.78, 5) is 16.5. The second-order valence-corrected chi connectivity index (χ2v) is 7.56. The molecule has 2 N–H and O–H groups in total. The molecule has 0 bridgehead atoms. The summed E-state index contributed by atoms with van der Waals surface area (Å²) in [6, 6.07) is 6.08. The zero-order valence-corrected chi connectivity index (χ0v) is 17.4. The topological polar surface area (TPSA) is 84.3 Å². The van der Waals surface area contributed by atoms with E-state index in [1.54, 1.807) is 4.63 Å². The third kappa shape index (κ3) is 4.65. The minimum Gasteiger partial charge on any atom is -0.493 e. The number of ether oxygens (including phenoxy) is 1. The van der Waals surface area contributed by atoms with Crippen LogP contribution in [0, 0.1) is 20.8 Å². The average molecular weight is 404 g/mol. The molecule has 1 unspecified atom stereocenters. The van der Waals surface area contributed by atoms with Crippen LogP contribution in [0.2, 0.25) is 5.02 Å². The molecule has 1 amide bonds. The molecule has 0 aliphatic heterocycles. The molecule has 3 aromatic rings. The number of hydrogen-bond donors (Lipinski definition) is 2. The van der Waals surface area contributed by atoms with Crippen molar-refractivity contribution in [2.24, 2.45) is 0 Å². The largest absolute Gasteiger partial charge is 0.493 e. The number of hydrogen-bond acceptors (Lipinski definition) is 4. The van der Waals surface area contributed by atoms with Crippen LogP contribution in [0.15, 0.2) is 18.2 Å². The monoisotopic (exact) mass is 403 g/mol. The van der Waals surface area contributed by atoms with Gasteiger partial charge in [0.25, 0.3) is 0 Å². The minimum absolute atomic E-state index is 0.00488. The molecule has 1 aromatic carbocycles. The van der Waals surface area contributed by atoms with Crippen LogP contribution in [0.3, 0.4) is 0 Å². The zero-order valence-electron chi connectivity index (χ0n) is 16.7. The van der Waals surface area contributed by atoms with Crippen molar-refractivity contribution in [1.29, 1.82) is 0 Å². The van der Waals surface area contributed by atoms with E-state index >= 15 is 0 Å². The molecule has 28 heavy (non-hydrogen) atoms. The van der Waals surface area contributed by atoms with Crippen LogP contribution in [-0.4, -0.2) is 38.9 Å². The first-order chi connectivity index (χ1) is 13.3. The fraction of sp³-hybridized carbons (Fsp3) is 0.450. The summed E-state index contributed by atoms with van der Waals surface area (Å²) in [6.07, 6.45) is 1.08. The quantitative estimate of drug-likeness (QED) is 0.561. The molecule has 1 atom stereocenters. The predicted molar refractivity (Wildman–Crippen MR) is 109 cm³/mol. The summed E-state index contributed by atoms with van der Waals surface area (Å²) < 4.78 is 7.33. The van der Waals surface area contributed by atoms with Crippen LogP contribution in [0.4, 0.5) is 0 Å². The number of aryl methyl sites for hydroxylation is 3. The van der Waals surface area contributed by atoms with Crippen molar-refractivity contribution < 1.29 is 9.53 Å². The van der Waals surface area contributed by atoms with Crippen LogP contribution < -0.4 is 10.1 Å². The van der Waals surface area contributed by atoms with Crippen molar-refractivity contribution >= 4 is 23.2 Å². The molecule has 0 saturated heterocycles. The van der Waals surface area contributed by atoms with Gasteiger partial charge in [-0.1, -0.05) is 36.2 Å². The van der Waals surface area contributed by atoms with E-state index in [4.69, 9.17) is 16.3 Å². The van der Waals surface area contributed by atoms with Crippen molar-refractivity contribution in [1.82, 2.24) is 25.1 Å². The van der Waals surface area contributed by atoms with Crippen molar-refractivity contribution in [2.75, 3.05) is 13.2 Å². The molecule has 0 fully saturated rings. The van der Waals surface area contributed by atoms with Crippen LogP contribution in [-0.2, 0) is 4.79 Å². The number of aromatic nitrogens is 4. The van der Waals surface area contributed by atoms with E-state index in [1.165, 1.54) is 5.56 Å². The number of aromatic amines is 1. The lowest BCUT2D eigenvalue weighted by Crippen LogP contribution is -2.28. The molecule has 3 rings (SSSR count). The van der Waals surface area contributed by atoms with Gasteiger partial charge >= 0.3 is 0 Å². The van der Waals surface area contributed by atoms with Crippen molar-refractivity contribution in [3.8, 4) is 5.75 Å². The molecule has 0 saturated carbocycles. The Balaban J connectivity index is 1.40. The standard InChI is InChI=1S/C20H26ClN5O2/c1-12-7-8-16(13(2)10-12)28-9-5-6-17(27)22-11-14(3)19-23-20-18(21)15(4)24-26(20)25-19/h7-8,10,14,24H,5-6,9,11H2,1-4H3,(H,22,27). The fourth-order valence-electron chi connectivity index (χ4n) is 2.96. The molecule has 2 aromatic heterocycles. The Morgan fingerprint density at radius 3 is 2.86 bits per heavy atom. The lowest BCUT2D eigenvalue weighted by molar-refractivity contribution is -0.121. The van der Waals surface area contributed by atoms with Gasteiger partial charge in [0, 0.05) is 18.9 Å². The summed E-state index contributed by atoms with van der Waals surface area (Å²) >= 11 is 6.18. The lowest BCUT2D eigenvalue weighted by Gasteiger charge is -2.11. The van der Waals surface area contributed by atoms with Gasteiger partial charge in [-0.25, -0.2) is 4.98 Å². The summed E-state index contributed by atoms with van der Waals surface area (Å²) in [5.41, 5.74) is 3.75. The highest BCUT2D eigenvalue weighted by Crippen LogP contribution is 2.21. The number of rotatable bonds is 8. The molecule has 8 heteroatoms. The maximum atomic E-state index is 12.1. The van der Waals surface area contributed by atoms with Crippen LogP contribution in [0.1, 0.15) is 48.3 Å². The minimum atomic E-state index is -0.0138. The second-order valence-electron chi connectivity index (χ2n) is 7.18. The van der Waals surface area contributed by atoms with Gasteiger partial charge in [-0.05, 0) is 38.8 Å². The SMILES string of the molecule is Cc1ccc(OCCCC(=O)NCC(C)c2nc3c(Cl)c(C)[nH]n3n2)c(C)c1. The predicted octanol–water partition coefficient (Wildman–Crippen LogP) is 3.71. The normalized spacial score (nSPS) is 12.3. The first-order valence-electron chi connectivity index (χ1n) is 9.42. The van der Waals surface area contributed by atoms with Crippen LogP contribution in [0.25, 0.3) is 5.65 Å². The number of carbonyl (C=O) groups is 1. The Kier molecular flexibility index (Phi) is 6.24. The summed E-state index contributed by atoms with van der Waals surface area (Å²) in [6.45, 7) is 8.90. The van der Waals surface area contributed by atoms with Gasteiger partial charge in [0.2, 0.25) is 5.91 Å². The van der Waals surface area contributed by atoms with Gasteiger partial charge in [-0.2, -0.15) is 4.63 Å². The molecule has 0 aliphatic carbocycles. The summed E-state index contributed by atoms with van der Waals surface area (Å²) in [7, 11) is 0. The van der Waals surface area contributed by atoms with Gasteiger partial charge in [0.15, 0.2) is 11.5 Å². The molecule has 2 heterocycles. The highest BCUT2D eigenvalue weighted by Gasteiger charge is 2.17. The van der Waals surface area contributed by atoms with Gasteiger partial charge in [-0.3, -0.25) is 9.89 Å². The molecule has 150 valence electrons. The van der Waals surface area contributed by atoms with E-state index in [-0.39, 0.29) is 11.8 Å². The number of amides is 1. The van der Waals surface area contributed by atoms with Crippen molar-refractivity contribution in [3.63, 3.8) is 0 Å². The highest BCUT2D eigenvalue weighted by molar-refractivity contribution is 6.34. The fourth-order valence-corrected chi connectivity index (χ4v) is 3.12. The van der Waals surface area contributed by atoms with E-state index in [1.807, 2.05) is 32.9 Å². The van der Waals surface area contributed by atoms with Gasteiger partial charge in [0.1, 0.15) is 10.8 Å². The summed E-state index contributed by atoms with van der Waals surface area (Å²) in [5.74, 6) is 1.50. The van der Waals surface area contributed by atoms with E-state index in [2.05, 4.69) is 33.5 Å². The van der Waals surface area contributed by atoms with Crippen molar-refractivity contribution in [2.45, 2.75) is 46.5 Å². The third-order valence-corrected chi connectivity index (χ3v) is 5.06. The molecule has 0 spiro atoms. The number of carbonyl (C=O) groups excluding carboxylic acids is 1. The molecule has 0 radical (unpaired) electrons. The number of nitrogens with zero attached hydrogens (tertiary/aromatic N) is 3. The molecular formula is C20H26ClN5O2. The van der Waals surface area contributed by atoms with E-state index in [0.717, 1.165) is 17.0 Å². The maximum absolute atomic E-state index is 12.1. The number of halogens is 1. The van der Waals surface area contributed by atoms with E-state index in [9.17, 15) is 4.79 Å². The summed E-state index contributed by atoms with van der Waals surface area (Å²) in [5, 5.41) is 10.9. The zero-order chi connectivity index (χ0) is 20.3. The number of H-pyrrole nitrogens is 1. The van der Waals surface area contributed by atoms with Crippen LogP contribution in [0.5, 0.6) is 5.75 Å². The van der Waals surface area contributed by atoms with E-state index in [0.29, 0.717) is 42.5 Å². The molecule has 7 nitrogen and oxygen atoms in total. The second kappa shape index (κ2) is 8.65. The Bertz CT molecular complexity index is 979. The molecular weight excluding hydrogens is 378 g/mol. The first kappa shape index (κ1) is 20.2. The Hall–Kier alpha value is -2.54. The Morgan fingerprint density at radius 2 is 2.14 bits per heavy atom. The van der Waals surface area contributed by atoms with Gasteiger partial charge in [-0.15, -0.1) is 5.10 Å². The van der Waals surface area contributed by atoms with Crippen LogP contribution >= 0.6 is 11.6 Å².